The number of carboxylic acids is 1. The van der Waals surface area contributed by atoms with Crippen molar-refractivity contribution in [3.63, 3.8) is 0 Å². The van der Waals surface area contributed by atoms with Gasteiger partial charge in [-0.15, -0.1) is 0 Å². The molecule has 104 valence electrons. The Kier molecular flexibility index (Phi) is 3.28. The van der Waals surface area contributed by atoms with Gasteiger partial charge < -0.3 is 10.2 Å². The van der Waals surface area contributed by atoms with Crippen LogP contribution in [0.5, 0.6) is 5.75 Å². The van der Waals surface area contributed by atoms with Crippen molar-refractivity contribution in [2.24, 2.45) is 0 Å². The third kappa shape index (κ3) is 2.43. The highest BCUT2D eigenvalue weighted by Crippen LogP contribution is 2.36. The summed E-state index contributed by atoms with van der Waals surface area (Å²) in [5.74, 6) is -0.914. The molecule has 0 bridgehead atoms. The highest BCUT2D eigenvalue weighted by molar-refractivity contribution is 6.30. The van der Waals surface area contributed by atoms with Crippen molar-refractivity contribution in [1.82, 2.24) is 0 Å². The van der Waals surface area contributed by atoms with E-state index in [2.05, 4.69) is 0 Å². The van der Waals surface area contributed by atoms with Crippen molar-refractivity contribution in [2.45, 2.75) is 0 Å². The number of hydrogen-bond acceptors (Lipinski definition) is 2. The Hall–Kier alpha value is -2.52. The van der Waals surface area contributed by atoms with E-state index >= 15 is 0 Å². The van der Waals surface area contributed by atoms with Gasteiger partial charge in [-0.2, -0.15) is 0 Å². The van der Waals surface area contributed by atoms with Gasteiger partial charge in [-0.25, -0.2) is 4.79 Å². The molecule has 0 unspecified atom stereocenters. The minimum absolute atomic E-state index is 0.0655. The SMILES string of the molecule is O=C(O)c1ccc2cccc(-c3ccc(Cl)cc3O)c2c1. The monoisotopic (exact) mass is 298 g/mol. The topological polar surface area (TPSA) is 57.5 Å². The minimum atomic E-state index is -0.980. The second-order valence-corrected chi connectivity index (χ2v) is 5.14. The molecule has 4 heteroatoms. The van der Waals surface area contributed by atoms with E-state index < -0.39 is 5.97 Å². The second kappa shape index (κ2) is 5.11. The standard InChI is InChI=1S/C17H11ClO3/c18-12-6-7-14(16(19)9-12)13-3-1-2-10-4-5-11(17(20)21)8-15(10)13/h1-9,19H,(H,20,21). The third-order valence-electron chi connectivity index (χ3n) is 3.38. The van der Waals surface area contributed by atoms with E-state index in [4.69, 9.17) is 16.7 Å². The first-order valence-electron chi connectivity index (χ1n) is 6.31. The average Bonchev–Trinajstić information content (AvgIpc) is 2.46. The van der Waals surface area contributed by atoms with Crippen molar-refractivity contribution in [1.29, 1.82) is 0 Å². The van der Waals surface area contributed by atoms with Crippen LogP contribution < -0.4 is 0 Å². The number of hydrogen-bond donors (Lipinski definition) is 2. The number of phenolic OH excluding ortho intramolecular Hbond substituents is 1. The predicted molar refractivity (Wildman–Crippen MR) is 83.0 cm³/mol. The number of rotatable bonds is 2. The lowest BCUT2D eigenvalue weighted by molar-refractivity contribution is 0.0697. The van der Waals surface area contributed by atoms with Crippen molar-refractivity contribution in [3.05, 3.63) is 65.2 Å². The summed E-state index contributed by atoms with van der Waals surface area (Å²) < 4.78 is 0. The fraction of sp³-hybridized carbons (Fsp3) is 0. The number of benzene rings is 3. The Bertz CT molecular complexity index is 856. The lowest BCUT2D eigenvalue weighted by Crippen LogP contribution is -1.95. The molecule has 3 rings (SSSR count). The maximum Gasteiger partial charge on any atom is 0.335 e. The van der Waals surface area contributed by atoms with Crippen LogP contribution in [0, 0.1) is 0 Å². The van der Waals surface area contributed by atoms with E-state index in [-0.39, 0.29) is 11.3 Å². The van der Waals surface area contributed by atoms with Crippen LogP contribution >= 0.6 is 11.6 Å². The molecule has 0 saturated carbocycles. The average molecular weight is 299 g/mol. The van der Waals surface area contributed by atoms with Crippen LogP contribution in [0.15, 0.2) is 54.6 Å². The van der Waals surface area contributed by atoms with Crippen LogP contribution in [0.2, 0.25) is 5.02 Å². The fourth-order valence-electron chi connectivity index (χ4n) is 2.37. The van der Waals surface area contributed by atoms with E-state index in [1.807, 2.05) is 18.2 Å². The first-order valence-corrected chi connectivity index (χ1v) is 6.69. The van der Waals surface area contributed by atoms with Gasteiger partial charge >= 0.3 is 5.97 Å². The van der Waals surface area contributed by atoms with Gasteiger partial charge in [0.15, 0.2) is 0 Å². The van der Waals surface area contributed by atoms with E-state index in [1.165, 1.54) is 6.07 Å². The maximum atomic E-state index is 11.1. The fourth-order valence-corrected chi connectivity index (χ4v) is 2.54. The summed E-state index contributed by atoms with van der Waals surface area (Å²) in [4.78, 5) is 11.1. The summed E-state index contributed by atoms with van der Waals surface area (Å²) >= 11 is 5.85. The molecule has 0 aromatic heterocycles. The van der Waals surface area contributed by atoms with Gasteiger partial charge in [-0.3, -0.25) is 0 Å². The molecule has 0 saturated heterocycles. The molecule has 0 amide bonds. The number of halogens is 1. The Balaban J connectivity index is 2.31. The summed E-state index contributed by atoms with van der Waals surface area (Å²) in [6.07, 6.45) is 0. The minimum Gasteiger partial charge on any atom is -0.507 e. The van der Waals surface area contributed by atoms with Crippen molar-refractivity contribution in [2.75, 3.05) is 0 Å². The van der Waals surface area contributed by atoms with Crippen LogP contribution in [0.3, 0.4) is 0 Å². The van der Waals surface area contributed by atoms with E-state index in [1.54, 1.807) is 30.3 Å². The van der Waals surface area contributed by atoms with E-state index in [9.17, 15) is 9.90 Å². The summed E-state index contributed by atoms with van der Waals surface area (Å²) in [5, 5.41) is 21.3. The molecule has 3 aromatic carbocycles. The highest BCUT2D eigenvalue weighted by atomic mass is 35.5. The summed E-state index contributed by atoms with van der Waals surface area (Å²) in [6, 6.07) is 15.4. The lowest BCUT2D eigenvalue weighted by Gasteiger charge is -2.10. The first-order chi connectivity index (χ1) is 10.1. The van der Waals surface area contributed by atoms with Crippen LogP contribution in [0.25, 0.3) is 21.9 Å². The molecule has 0 spiro atoms. The Labute approximate surface area is 126 Å². The van der Waals surface area contributed by atoms with E-state index in [0.717, 1.165) is 16.3 Å². The molecule has 3 nitrogen and oxygen atoms in total. The Morgan fingerprint density at radius 2 is 1.76 bits per heavy atom. The molecular weight excluding hydrogens is 288 g/mol. The highest BCUT2D eigenvalue weighted by Gasteiger charge is 2.11. The summed E-state index contributed by atoms with van der Waals surface area (Å²) in [5.41, 5.74) is 1.60. The molecule has 2 N–H and O–H groups in total. The zero-order valence-corrected chi connectivity index (χ0v) is 11.6. The van der Waals surface area contributed by atoms with Gasteiger partial charge in [0.1, 0.15) is 5.75 Å². The number of fused-ring (bicyclic) bond motifs is 1. The van der Waals surface area contributed by atoms with Gasteiger partial charge in [0, 0.05) is 10.6 Å². The molecule has 3 aromatic rings. The van der Waals surface area contributed by atoms with Crippen LogP contribution in [0.4, 0.5) is 0 Å². The van der Waals surface area contributed by atoms with Crippen LogP contribution in [0.1, 0.15) is 10.4 Å². The molecule has 0 fully saturated rings. The molecule has 0 heterocycles. The molecule has 21 heavy (non-hydrogen) atoms. The molecule has 0 aliphatic rings. The van der Waals surface area contributed by atoms with Gasteiger partial charge in [-0.05, 0) is 46.7 Å². The number of aromatic hydroxyl groups is 1. The molecule has 0 aliphatic heterocycles. The number of phenols is 1. The van der Waals surface area contributed by atoms with Crippen molar-refractivity contribution < 1.29 is 15.0 Å². The predicted octanol–water partition coefficient (Wildman–Crippen LogP) is 4.56. The third-order valence-corrected chi connectivity index (χ3v) is 3.61. The quantitative estimate of drug-likeness (QED) is 0.729. The van der Waals surface area contributed by atoms with Crippen LogP contribution in [-0.2, 0) is 0 Å². The Morgan fingerprint density at radius 1 is 0.952 bits per heavy atom. The molecule has 0 radical (unpaired) electrons. The van der Waals surface area contributed by atoms with Crippen molar-refractivity contribution >= 4 is 28.3 Å². The summed E-state index contributed by atoms with van der Waals surface area (Å²) in [7, 11) is 0. The van der Waals surface area contributed by atoms with Gasteiger partial charge in [-0.1, -0.05) is 35.9 Å². The zero-order chi connectivity index (χ0) is 15.0. The largest absolute Gasteiger partial charge is 0.507 e. The zero-order valence-electron chi connectivity index (χ0n) is 10.9. The normalized spacial score (nSPS) is 10.7. The van der Waals surface area contributed by atoms with Gasteiger partial charge in [0.2, 0.25) is 0 Å². The number of carbonyl (C=O) groups is 1. The smallest absolute Gasteiger partial charge is 0.335 e. The number of aromatic carboxylic acids is 1. The van der Waals surface area contributed by atoms with Gasteiger partial charge in [0.05, 0.1) is 5.56 Å². The van der Waals surface area contributed by atoms with Crippen LogP contribution in [-0.4, -0.2) is 16.2 Å². The van der Waals surface area contributed by atoms with Crippen molar-refractivity contribution in [3.8, 4) is 16.9 Å². The van der Waals surface area contributed by atoms with Gasteiger partial charge in [0.25, 0.3) is 0 Å². The lowest BCUT2D eigenvalue weighted by atomic mass is 9.96. The number of carboxylic acid groups (broad SMARTS) is 1. The summed E-state index contributed by atoms with van der Waals surface area (Å²) in [6.45, 7) is 0. The molecule has 0 aliphatic carbocycles. The second-order valence-electron chi connectivity index (χ2n) is 4.71. The molecule has 0 atom stereocenters. The van der Waals surface area contributed by atoms with E-state index in [0.29, 0.717) is 10.6 Å². The Morgan fingerprint density at radius 3 is 2.48 bits per heavy atom. The molecular formula is C17H11ClO3. The maximum absolute atomic E-state index is 11.1. The first kappa shape index (κ1) is 13.5.